The van der Waals surface area contributed by atoms with Gasteiger partial charge in [0.15, 0.2) is 5.96 Å². The topological polar surface area (TPSA) is 65.5 Å². The number of hydrogen-bond acceptors (Lipinski definition) is 2. The van der Waals surface area contributed by atoms with E-state index in [1.54, 1.807) is 5.57 Å². The maximum absolute atomic E-state index is 11.6. The van der Waals surface area contributed by atoms with E-state index in [1.165, 1.54) is 25.7 Å². The van der Waals surface area contributed by atoms with Crippen LogP contribution in [-0.2, 0) is 4.79 Å². The fourth-order valence-electron chi connectivity index (χ4n) is 2.47. The van der Waals surface area contributed by atoms with Crippen molar-refractivity contribution in [2.45, 2.75) is 57.9 Å². The molecule has 1 amide bonds. The van der Waals surface area contributed by atoms with E-state index in [9.17, 15) is 4.79 Å². The van der Waals surface area contributed by atoms with Crippen LogP contribution < -0.4 is 16.0 Å². The average molecular weight is 420 g/mol. The summed E-state index contributed by atoms with van der Waals surface area (Å²) in [5.74, 6) is 0.754. The smallest absolute Gasteiger partial charge is 0.242 e. The summed E-state index contributed by atoms with van der Waals surface area (Å²) in [5, 5.41) is 9.44. The van der Waals surface area contributed by atoms with Crippen molar-refractivity contribution in [2.75, 3.05) is 19.6 Å². The molecular formula is C16H29IN4O. The average Bonchev–Trinajstić information content (AvgIpc) is 3.30. The SMILES string of the molecule is CCNC(=NCC(=O)NC1CC1)NCCC1=CCCCC1.I. The third-order valence-electron chi connectivity index (χ3n) is 3.79. The highest BCUT2D eigenvalue weighted by Crippen LogP contribution is 2.19. The number of amides is 1. The van der Waals surface area contributed by atoms with E-state index in [1.807, 2.05) is 6.92 Å². The fraction of sp³-hybridized carbons (Fsp3) is 0.750. The van der Waals surface area contributed by atoms with Gasteiger partial charge in [-0.1, -0.05) is 11.6 Å². The largest absolute Gasteiger partial charge is 0.357 e. The Hall–Kier alpha value is -0.790. The third-order valence-corrected chi connectivity index (χ3v) is 3.79. The lowest BCUT2D eigenvalue weighted by atomic mass is 9.97. The molecule has 2 aliphatic rings. The minimum Gasteiger partial charge on any atom is -0.357 e. The van der Waals surface area contributed by atoms with Gasteiger partial charge in [-0.15, -0.1) is 24.0 Å². The summed E-state index contributed by atoms with van der Waals surface area (Å²) in [6.07, 6.45) is 10.8. The predicted octanol–water partition coefficient (Wildman–Crippen LogP) is 2.33. The summed E-state index contributed by atoms with van der Waals surface area (Å²) in [6, 6.07) is 0.404. The molecule has 3 N–H and O–H groups in total. The number of carbonyl (C=O) groups is 1. The molecule has 0 atom stereocenters. The van der Waals surface area contributed by atoms with Crippen LogP contribution in [0.15, 0.2) is 16.6 Å². The van der Waals surface area contributed by atoms with Crippen LogP contribution in [0, 0.1) is 0 Å². The van der Waals surface area contributed by atoms with Gasteiger partial charge in [-0.05, 0) is 51.9 Å². The number of nitrogens with zero attached hydrogens (tertiary/aromatic N) is 1. The molecule has 0 heterocycles. The van der Waals surface area contributed by atoms with Crippen molar-refractivity contribution in [3.05, 3.63) is 11.6 Å². The number of aliphatic imine (C=N–C) groups is 1. The van der Waals surface area contributed by atoms with E-state index in [0.29, 0.717) is 6.04 Å². The van der Waals surface area contributed by atoms with Crippen molar-refractivity contribution in [3.63, 3.8) is 0 Å². The minimum absolute atomic E-state index is 0. The summed E-state index contributed by atoms with van der Waals surface area (Å²) in [4.78, 5) is 16.0. The van der Waals surface area contributed by atoms with Gasteiger partial charge in [0.25, 0.3) is 0 Å². The van der Waals surface area contributed by atoms with Crippen LogP contribution in [0.4, 0.5) is 0 Å². The third kappa shape index (κ3) is 8.00. The molecule has 0 aromatic carbocycles. The summed E-state index contributed by atoms with van der Waals surface area (Å²) in [7, 11) is 0. The van der Waals surface area contributed by atoms with Crippen LogP contribution in [0.3, 0.4) is 0 Å². The van der Waals surface area contributed by atoms with E-state index in [4.69, 9.17) is 0 Å². The number of guanidine groups is 1. The molecule has 1 saturated carbocycles. The van der Waals surface area contributed by atoms with Gasteiger partial charge in [-0.25, -0.2) is 4.99 Å². The second-order valence-electron chi connectivity index (χ2n) is 5.82. The molecule has 6 heteroatoms. The molecule has 5 nitrogen and oxygen atoms in total. The van der Waals surface area contributed by atoms with Gasteiger partial charge in [0, 0.05) is 19.1 Å². The highest BCUT2D eigenvalue weighted by Gasteiger charge is 2.22. The zero-order valence-corrected chi connectivity index (χ0v) is 15.8. The van der Waals surface area contributed by atoms with Crippen LogP contribution in [-0.4, -0.2) is 37.5 Å². The molecule has 0 spiro atoms. The normalized spacial score (nSPS) is 18.0. The molecule has 0 bridgehead atoms. The van der Waals surface area contributed by atoms with Crippen LogP contribution in [0.25, 0.3) is 0 Å². The summed E-state index contributed by atoms with van der Waals surface area (Å²) < 4.78 is 0. The molecule has 1 fully saturated rings. The summed E-state index contributed by atoms with van der Waals surface area (Å²) in [5.41, 5.74) is 1.55. The van der Waals surface area contributed by atoms with Gasteiger partial charge in [-0.3, -0.25) is 4.79 Å². The summed E-state index contributed by atoms with van der Waals surface area (Å²) >= 11 is 0. The molecule has 0 aromatic rings. The Kier molecular flexibility index (Phi) is 9.50. The zero-order chi connectivity index (χ0) is 14.9. The monoisotopic (exact) mass is 420 g/mol. The number of hydrogen-bond donors (Lipinski definition) is 3. The zero-order valence-electron chi connectivity index (χ0n) is 13.5. The van der Waals surface area contributed by atoms with Gasteiger partial charge in [0.1, 0.15) is 6.54 Å². The van der Waals surface area contributed by atoms with Gasteiger partial charge in [0.2, 0.25) is 5.91 Å². The van der Waals surface area contributed by atoms with E-state index in [-0.39, 0.29) is 36.4 Å². The van der Waals surface area contributed by atoms with Crippen molar-refractivity contribution < 1.29 is 4.79 Å². The molecule has 126 valence electrons. The van der Waals surface area contributed by atoms with Crippen LogP contribution >= 0.6 is 24.0 Å². The minimum atomic E-state index is 0. The first kappa shape index (κ1) is 19.3. The fourth-order valence-corrected chi connectivity index (χ4v) is 2.47. The number of rotatable bonds is 7. The Morgan fingerprint density at radius 2 is 2.14 bits per heavy atom. The molecule has 0 radical (unpaired) electrons. The van der Waals surface area contributed by atoms with Gasteiger partial charge < -0.3 is 16.0 Å². The second kappa shape index (κ2) is 10.9. The van der Waals surface area contributed by atoms with Crippen molar-refractivity contribution in [2.24, 2.45) is 4.99 Å². The second-order valence-corrected chi connectivity index (χ2v) is 5.82. The molecule has 0 saturated heterocycles. The Bertz CT molecular complexity index is 405. The molecule has 0 unspecified atom stereocenters. The Morgan fingerprint density at radius 1 is 1.32 bits per heavy atom. The first-order valence-corrected chi connectivity index (χ1v) is 8.27. The maximum Gasteiger partial charge on any atom is 0.242 e. The Balaban J connectivity index is 0.00000242. The van der Waals surface area contributed by atoms with Gasteiger partial charge in [0.05, 0.1) is 0 Å². The molecule has 0 aromatic heterocycles. The molecule has 2 rings (SSSR count). The van der Waals surface area contributed by atoms with Crippen molar-refractivity contribution in [1.82, 2.24) is 16.0 Å². The number of carbonyl (C=O) groups excluding carboxylic acids is 1. The lowest BCUT2D eigenvalue weighted by Crippen LogP contribution is -2.39. The first-order valence-electron chi connectivity index (χ1n) is 8.27. The van der Waals surface area contributed by atoms with Crippen LogP contribution in [0.2, 0.25) is 0 Å². The van der Waals surface area contributed by atoms with E-state index in [2.05, 4.69) is 27.0 Å². The van der Waals surface area contributed by atoms with Crippen LogP contribution in [0.1, 0.15) is 51.9 Å². The number of nitrogens with one attached hydrogen (secondary N) is 3. The van der Waals surface area contributed by atoms with E-state index < -0.39 is 0 Å². The van der Waals surface area contributed by atoms with Crippen LogP contribution in [0.5, 0.6) is 0 Å². The lowest BCUT2D eigenvalue weighted by molar-refractivity contribution is -0.119. The molecular weight excluding hydrogens is 391 g/mol. The van der Waals surface area contributed by atoms with Gasteiger partial charge in [-0.2, -0.15) is 0 Å². The van der Waals surface area contributed by atoms with E-state index >= 15 is 0 Å². The Labute approximate surface area is 150 Å². The first-order chi connectivity index (χ1) is 10.3. The maximum atomic E-state index is 11.6. The highest BCUT2D eigenvalue weighted by atomic mass is 127. The molecule has 22 heavy (non-hydrogen) atoms. The van der Waals surface area contributed by atoms with Crippen molar-refractivity contribution >= 4 is 35.8 Å². The van der Waals surface area contributed by atoms with Gasteiger partial charge >= 0.3 is 0 Å². The van der Waals surface area contributed by atoms with Crippen molar-refractivity contribution in [3.8, 4) is 0 Å². The standard InChI is InChI=1S/C16H28N4O.HI/c1-2-17-16(19-12-15(21)20-14-8-9-14)18-11-10-13-6-4-3-5-7-13;/h6,14H,2-5,7-12H2,1H3,(H,20,21)(H2,17,18,19);1H. The Morgan fingerprint density at radius 3 is 2.77 bits per heavy atom. The summed E-state index contributed by atoms with van der Waals surface area (Å²) in [6.45, 7) is 3.92. The highest BCUT2D eigenvalue weighted by molar-refractivity contribution is 14.0. The quantitative estimate of drug-likeness (QED) is 0.256. The molecule has 2 aliphatic carbocycles. The van der Waals surface area contributed by atoms with Crippen molar-refractivity contribution in [1.29, 1.82) is 0 Å². The van der Waals surface area contributed by atoms with E-state index in [0.717, 1.165) is 38.3 Å². The number of halogens is 1. The number of allylic oxidation sites excluding steroid dienone is 1. The molecule has 0 aliphatic heterocycles. The lowest BCUT2D eigenvalue weighted by Gasteiger charge is -2.15. The predicted molar refractivity (Wildman–Crippen MR) is 102 cm³/mol.